The quantitative estimate of drug-likeness (QED) is 0.491. The van der Waals surface area contributed by atoms with Crippen LogP contribution in [0.4, 0.5) is 4.39 Å². The van der Waals surface area contributed by atoms with Crippen molar-refractivity contribution in [3.05, 3.63) is 79.0 Å². The summed E-state index contributed by atoms with van der Waals surface area (Å²) in [5.74, 6) is -0.175. The van der Waals surface area contributed by atoms with Crippen LogP contribution >= 0.6 is 0 Å². The van der Waals surface area contributed by atoms with Crippen molar-refractivity contribution in [1.82, 2.24) is 18.9 Å². The smallest absolute Gasteiger partial charge is 0.237 e. The van der Waals surface area contributed by atoms with Gasteiger partial charge in [0.1, 0.15) is 10.6 Å². The Balaban J connectivity index is 1.74. The minimum atomic E-state index is -4.02. The number of rotatable bonds is 3. The maximum Gasteiger partial charge on any atom is 0.249 e. The van der Waals surface area contributed by atoms with Gasteiger partial charge in [0.25, 0.3) is 0 Å². The van der Waals surface area contributed by atoms with Crippen molar-refractivity contribution in [2.24, 2.45) is 0 Å². The first-order chi connectivity index (χ1) is 14.4. The zero-order chi connectivity index (χ0) is 20.9. The number of aromatic nitrogens is 4. The second-order valence-electron chi connectivity index (χ2n) is 7.42. The summed E-state index contributed by atoms with van der Waals surface area (Å²) in [4.78, 5) is 13.3. The molecule has 0 N–H and O–H groups in total. The Morgan fingerprint density at radius 1 is 1.13 bits per heavy atom. The SMILES string of the molecule is CC1(S(=O)(=O)n2cc(-c3ncc4ccccc4n3)c3cccnc32)C=C(F)C=CC1. The normalized spacial score (nSPS) is 19.3. The second kappa shape index (κ2) is 6.56. The average Bonchev–Trinajstić information content (AvgIpc) is 3.13. The lowest BCUT2D eigenvalue weighted by Gasteiger charge is -2.27. The molecular weight excluding hydrogens is 403 g/mol. The first-order valence-electron chi connectivity index (χ1n) is 9.37. The number of nitrogens with zero attached hydrogens (tertiary/aromatic N) is 4. The fraction of sp³-hybridized carbons (Fsp3) is 0.136. The van der Waals surface area contributed by atoms with Crippen LogP contribution in [0.25, 0.3) is 33.3 Å². The van der Waals surface area contributed by atoms with Gasteiger partial charge in [0.2, 0.25) is 10.0 Å². The Morgan fingerprint density at radius 2 is 1.97 bits per heavy atom. The highest BCUT2D eigenvalue weighted by atomic mass is 32.2. The Bertz CT molecular complexity index is 1470. The molecule has 8 heteroatoms. The molecule has 3 heterocycles. The van der Waals surface area contributed by atoms with E-state index in [9.17, 15) is 12.8 Å². The number of halogens is 1. The van der Waals surface area contributed by atoms with Crippen LogP contribution in [0.3, 0.4) is 0 Å². The molecule has 1 aromatic carbocycles. The summed E-state index contributed by atoms with van der Waals surface area (Å²) in [5.41, 5.74) is 1.56. The summed E-state index contributed by atoms with van der Waals surface area (Å²) in [6.45, 7) is 1.51. The van der Waals surface area contributed by atoms with Gasteiger partial charge in [-0.25, -0.2) is 31.7 Å². The second-order valence-corrected chi connectivity index (χ2v) is 9.70. The van der Waals surface area contributed by atoms with Gasteiger partial charge in [0.15, 0.2) is 11.5 Å². The summed E-state index contributed by atoms with van der Waals surface area (Å²) in [6.07, 6.45) is 8.82. The molecule has 6 nitrogen and oxygen atoms in total. The summed E-state index contributed by atoms with van der Waals surface area (Å²) in [5, 5.41) is 1.49. The molecule has 1 aliphatic rings. The van der Waals surface area contributed by atoms with Gasteiger partial charge in [-0.15, -0.1) is 0 Å². The van der Waals surface area contributed by atoms with Crippen molar-refractivity contribution >= 4 is 32.0 Å². The summed E-state index contributed by atoms with van der Waals surface area (Å²) in [6, 6.07) is 11.1. The summed E-state index contributed by atoms with van der Waals surface area (Å²) in [7, 11) is -4.02. The monoisotopic (exact) mass is 420 g/mol. The van der Waals surface area contributed by atoms with E-state index in [2.05, 4.69) is 15.0 Å². The van der Waals surface area contributed by atoms with Crippen molar-refractivity contribution in [2.45, 2.75) is 18.1 Å². The molecule has 0 amide bonds. The molecule has 30 heavy (non-hydrogen) atoms. The van der Waals surface area contributed by atoms with Crippen LogP contribution in [-0.2, 0) is 10.0 Å². The third-order valence-electron chi connectivity index (χ3n) is 5.35. The molecule has 1 aliphatic carbocycles. The average molecular weight is 420 g/mol. The van der Waals surface area contributed by atoms with Crippen molar-refractivity contribution in [1.29, 1.82) is 0 Å². The van der Waals surface area contributed by atoms with Gasteiger partial charge >= 0.3 is 0 Å². The van der Waals surface area contributed by atoms with Crippen LogP contribution in [0.5, 0.6) is 0 Å². The van der Waals surface area contributed by atoms with Gasteiger partial charge < -0.3 is 0 Å². The summed E-state index contributed by atoms with van der Waals surface area (Å²) >= 11 is 0. The Labute approximate surface area is 172 Å². The summed E-state index contributed by atoms with van der Waals surface area (Å²) < 4.78 is 40.7. The minimum Gasteiger partial charge on any atom is -0.237 e. The molecule has 4 aromatic rings. The highest BCUT2D eigenvalue weighted by Gasteiger charge is 2.41. The number of para-hydroxylation sites is 1. The van der Waals surface area contributed by atoms with Crippen LogP contribution in [0.2, 0.25) is 0 Å². The van der Waals surface area contributed by atoms with Gasteiger partial charge in [-0.2, -0.15) is 0 Å². The highest BCUT2D eigenvalue weighted by molar-refractivity contribution is 7.91. The van der Waals surface area contributed by atoms with Gasteiger partial charge in [-0.05, 0) is 43.7 Å². The lowest BCUT2D eigenvalue weighted by atomic mass is 10.0. The predicted octanol–water partition coefficient (Wildman–Crippen LogP) is 4.40. The maximum absolute atomic E-state index is 13.9. The van der Waals surface area contributed by atoms with Gasteiger partial charge in [0, 0.05) is 34.9 Å². The van der Waals surface area contributed by atoms with Crippen LogP contribution in [-0.4, -0.2) is 32.1 Å². The zero-order valence-corrected chi connectivity index (χ0v) is 16.8. The molecule has 150 valence electrons. The van der Waals surface area contributed by atoms with Crippen molar-refractivity contribution in [3.8, 4) is 11.4 Å². The number of pyridine rings is 1. The van der Waals surface area contributed by atoms with Crippen LogP contribution < -0.4 is 0 Å². The molecule has 0 bridgehead atoms. The van der Waals surface area contributed by atoms with Crippen LogP contribution in [0.1, 0.15) is 13.3 Å². The fourth-order valence-corrected chi connectivity index (χ4v) is 5.34. The molecule has 1 atom stereocenters. The number of hydrogen-bond donors (Lipinski definition) is 0. The number of benzene rings is 1. The molecule has 1 unspecified atom stereocenters. The fourth-order valence-electron chi connectivity index (χ4n) is 3.70. The van der Waals surface area contributed by atoms with Gasteiger partial charge in [-0.1, -0.05) is 24.3 Å². The molecule has 0 saturated heterocycles. The first kappa shape index (κ1) is 18.6. The van der Waals surface area contributed by atoms with E-state index < -0.39 is 20.6 Å². The van der Waals surface area contributed by atoms with E-state index in [4.69, 9.17) is 0 Å². The molecule has 3 aromatic heterocycles. The van der Waals surface area contributed by atoms with E-state index in [1.807, 2.05) is 24.3 Å². The van der Waals surface area contributed by atoms with Crippen LogP contribution in [0.15, 0.2) is 79.0 Å². The Hall–Kier alpha value is -3.39. The van der Waals surface area contributed by atoms with E-state index in [1.165, 1.54) is 31.5 Å². The Kier molecular flexibility index (Phi) is 4.08. The van der Waals surface area contributed by atoms with Gasteiger partial charge in [0.05, 0.1) is 5.52 Å². The third-order valence-corrected chi connectivity index (χ3v) is 7.61. The van der Waals surface area contributed by atoms with Crippen LogP contribution in [0, 0.1) is 0 Å². The number of allylic oxidation sites excluding steroid dienone is 3. The van der Waals surface area contributed by atoms with E-state index in [0.717, 1.165) is 21.0 Å². The predicted molar refractivity (Wildman–Crippen MR) is 114 cm³/mol. The van der Waals surface area contributed by atoms with E-state index >= 15 is 0 Å². The molecule has 0 saturated carbocycles. The topological polar surface area (TPSA) is 77.7 Å². The van der Waals surface area contributed by atoms with E-state index in [0.29, 0.717) is 16.8 Å². The molecule has 0 aliphatic heterocycles. The first-order valence-corrected chi connectivity index (χ1v) is 10.8. The number of hydrogen-bond acceptors (Lipinski definition) is 5. The lowest BCUT2D eigenvalue weighted by Crippen LogP contribution is -2.38. The standard InChI is InChI=1S/C22H17FN4O2S/c1-22(10-4-7-16(23)12-22)30(28,29)27-14-18(17-8-5-11-24-21(17)27)20-25-13-15-6-2-3-9-19(15)26-20/h2-9,11-14H,10H2,1H3. The molecule has 0 spiro atoms. The Morgan fingerprint density at radius 3 is 2.80 bits per heavy atom. The molecular formula is C22H17FN4O2S. The highest BCUT2D eigenvalue weighted by Crippen LogP contribution is 2.36. The third kappa shape index (κ3) is 2.75. The van der Waals surface area contributed by atoms with E-state index in [1.54, 1.807) is 18.3 Å². The lowest BCUT2D eigenvalue weighted by molar-refractivity contribution is 0.545. The van der Waals surface area contributed by atoms with Crippen molar-refractivity contribution in [3.63, 3.8) is 0 Å². The van der Waals surface area contributed by atoms with Crippen molar-refractivity contribution in [2.75, 3.05) is 0 Å². The molecule has 0 fully saturated rings. The zero-order valence-electron chi connectivity index (χ0n) is 16.0. The number of fused-ring (bicyclic) bond motifs is 2. The van der Waals surface area contributed by atoms with Gasteiger partial charge in [-0.3, -0.25) is 0 Å². The largest absolute Gasteiger partial charge is 0.249 e. The van der Waals surface area contributed by atoms with Crippen molar-refractivity contribution < 1.29 is 12.8 Å². The maximum atomic E-state index is 13.9. The van der Waals surface area contributed by atoms with E-state index in [-0.39, 0.29) is 12.1 Å². The molecule has 0 radical (unpaired) electrons. The minimum absolute atomic E-state index is 0.164. The molecule has 5 rings (SSSR count).